The van der Waals surface area contributed by atoms with E-state index in [0.717, 1.165) is 81.8 Å². The summed E-state index contributed by atoms with van der Waals surface area (Å²) in [5, 5.41) is 3.60. The van der Waals surface area contributed by atoms with Crippen molar-refractivity contribution in [3.8, 4) is 0 Å². The number of nitrogens with one attached hydrogen (secondary N) is 1. The van der Waals surface area contributed by atoms with Crippen LogP contribution in [0.1, 0.15) is 70.2 Å². The van der Waals surface area contributed by atoms with Gasteiger partial charge < -0.3 is 20.7 Å². The molecule has 1 aromatic rings. The lowest BCUT2D eigenvalue weighted by molar-refractivity contribution is -0.132. The first-order valence-corrected chi connectivity index (χ1v) is 11.5. The van der Waals surface area contributed by atoms with Crippen LogP contribution in [0, 0.1) is 5.92 Å². The van der Waals surface area contributed by atoms with Crippen molar-refractivity contribution in [3.05, 3.63) is 24.2 Å². The number of nitrogens with two attached hydrogens (primary N) is 1. The van der Waals surface area contributed by atoms with Crippen LogP contribution in [0.5, 0.6) is 0 Å². The maximum Gasteiger partial charge on any atom is 0.222 e. The monoisotopic (exact) mass is 415 g/mol. The third-order valence-corrected chi connectivity index (χ3v) is 6.34. The topological polar surface area (TPSA) is 93.4 Å². The predicted octanol–water partition coefficient (Wildman–Crippen LogP) is 3.36. The van der Waals surface area contributed by atoms with Crippen molar-refractivity contribution in [2.75, 3.05) is 25.0 Å². The predicted molar refractivity (Wildman–Crippen MR) is 120 cm³/mol. The van der Waals surface area contributed by atoms with Crippen LogP contribution < -0.4 is 11.1 Å². The summed E-state index contributed by atoms with van der Waals surface area (Å²) in [4.78, 5) is 23.3. The normalized spacial score (nSPS) is 22.7. The van der Waals surface area contributed by atoms with Gasteiger partial charge in [0.05, 0.1) is 11.7 Å². The largest absolute Gasteiger partial charge is 0.399 e. The van der Waals surface area contributed by atoms with Crippen molar-refractivity contribution in [2.45, 2.75) is 77.4 Å². The Bertz CT molecular complexity index is 722. The molecule has 2 heterocycles. The van der Waals surface area contributed by atoms with Crippen LogP contribution >= 0.6 is 0 Å². The molecule has 7 nitrogen and oxygen atoms in total. The SMILES string of the molecule is C=C(N)c1cnc(CC2CCN(C(=O)CC)CC2)nc1NC1CCC(OCC)CC1. The molecule has 1 aliphatic heterocycles. The van der Waals surface area contributed by atoms with Gasteiger partial charge in [-0.1, -0.05) is 13.5 Å². The quantitative estimate of drug-likeness (QED) is 0.676. The third kappa shape index (κ3) is 5.94. The first kappa shape index (κ1) is 22.5. The van der Waals surface area contributed by atoms with E-state index in [2.05, 4.69) is 23.8 Å². The Morgan fingerprint density at radius 1 is 1.23 bits per heavy atom. The molecule has 1 saturated carbocycles. The number of hydrogen-bond acceptors (Lipinski definition) is 6. The number of nitrogens with zero attached hydrogens (tertiary/aromatic N) is 3. The molecule has 1 amide bonds. The number of rotatable bonds is 8. The van der Waals surface area contributed by atoms with Gasteiger partial charge in [-0.3, -0.25) is 4.79 Å². The maximum absolute atomic E-state index is 11.9. The van der Waals surface area contributed by atoms with E-state index in [-0.39, 0.29) is 5.91 Å². The summed E-state index contributed by atoms with van der Waals surface area (Å²) in [6.45, 7) is 10.3. The van der Waals surface area contributed by atoms with Gasteiger partial charge in [-0.05, 0) is 51.4 Å². The molecule has 0 atom stereocenters. The Morgan fingerprint density at radius 3 is 2.53 bits per heavy atom. The second-order valence-electron chi connectivity index (χ2n) is 8.53. The summed E-state index contributed by atoms with van der Waals surface area (Å²) in [7, 11) is 0. The van der Waals surface area contributed by atoms with Crippen LogP contribution in [-0.2, 0) is 16.0 Å². The van der Waals surface area contributed by atoms with Crippen molar-refractivity contribution >= 4 is 17.4 Å². The number of aromatic nitrogens is 2. The van der Waals surface area contributed by atoms with Gasteiger partial charge in [0, 0.05) is 50.5 Å². The highest BCUT2D eigenvalue weighted by Gasteiger charge is 2.25. The molecule has 1 aliphatic carbocycles. The van der Waals surface area contributed by atoms with Gasteiger partial charge in [-0.15, -0.1) is 0 Å². The Balaban J connectivity index is 1.61. The minimum absolute atomic E-state index is 0.251. The van der Waals surface area contributed by atoms with Gasteiger partial charge in [0.15, 0.2) is 0 Å². The van der Waals surface area contributed by atoms with Crippen LogP contribution in [0.25, 0.3) is 5.70 Å². The molecule has 2 fully saturated rings. The number of piperidine rings is 1. The number of hydrogen-bond donors (Lipinski definition) is 2. The summed E-state index contributed by atoms with van der Waals surface area (Å²) in [6.07, 6.45) is 9.85. The van der Waals surface area contributed by atoms with E-state index < -0.39 is 0 Å². The van der Waals surface area contributed by atoms with Crippen LogP contribution in [0.4, 0.5) is 5.82 Å². The fraction of sp³-hybridized carbons (Fsp3) is 0.696. The molecule has 0 radical (unpaired) electrons. The maximum atomic E-state index is 11.9. The average Bonchev–Trinajstić information content (AvgIpc) is 2.75. The van der Waals surface area contributed by atoms with E-state index in [1.165, 1.54) is 0 Å². The molecule has 7 heteroatoms. The van der Waals surface area contributed by atoms with Crippen molar-refractivity contribution in [3.63, 3.8) is 0 Å². The minimum atomic E-state index is 0.251. The molecule has 2 aliphatic rings. The van der Waals surface area contributed by atoms with E-state index >= 15 is 0 Å². The lowest BCUT2D eigenvalue weighted by Crippen LogP contribution is -2.38. The van der Waals surface area contributed by atoms with E-state index in [4.69, 9.17) is 15.5 Å². The molecule has 3 rings (SSSR count). The molecule has 0 bridgehead atoms. The highest BCUT2D eigenvalue weighted by molar-refractivity contribution is 5.75. The van der Waals surface area contributed by atoms with Gasteiger partial charge >= 0.3 is 0 Å². The number of amides is 1. The molecule has 0 unspecified atom stereocenters. The lowest BCUT2D eigenvalue weighted by Gasteiger charge is -2.32. The summed E-state index contributed by atoms with van der Waals surface area (Å²) in [5.41, 5.74) is 7.27. The average molecular weight is 416 g/mol. The van der Waals surface area contributed by atoms with Crippen LogP contribution in [0.2, 0.25) is 0 Å². The molecule has 1 aromatic heterocycles. The molecule has 0 aromatic carbocycles. The van der Waals surface area contributed by atoms with E-state index in [1.807, 2.05) is 11.8 Å². The Morgan fingerprint density at radius 2 is 1.93 bits per heavy atom. The van der Waals surface area contributed by atoms with Crippen molar-refractivity contribution in [2.24, 2.45) is 11.7 Å². The number of carbonyl (C=O) groups is 1. The number of carbonyl (C=O) groups excluding carboxylic acids is 1. The Hall–Kier alpha value is -2.15. The minimum Gasteiger partial charge on any atom is -0.399 e. The number of ether oxygens (including phenoxy) is 1. The van der Waals surface area contributed by atoms with Gasteiger partial charge in [0.1, 0.15) is 11.6 Å². The molecular weight excluding hydrogens is 378 g/mol. The zero-order chi connectivity index (χ0) is 21.5. The van der Waals surface area contributed by atoms with Gasteiger partial charge in [0.2, 0.25) is 5.91 Å². The van der Waals surface area contributed by atoms with E-state index in [0.29, 0.717) is 30.2 Å². The van der Waals surface area contributed by atoms with Crippen molar-refractivity contribution in [1.82, 2.24) is 14.9 Å². The molecule has 30 heavy (non-hydrogen) atoms. The highest BCUT2D eigenvalue weighted by atomic mass is 16.5. The summed E-state index contributed by atoms with van der Waals surface area (Å²) >= 11 is 0. The van der Waals surface area contributed by atoms with Crippen molar-refractivity contribution in [1.29, 1.82) is 0 Å². The Kier molecular flexibility index (Phi) is 8.08. The third-order valence-electron chi connectivity index (χ3n) is 6.34. The highest BCUT2D eigenvalue weighted by Crippen LogP contribution is 2.27. The van der Waals surface area contributed by atoms with Crippen LogP contribution in [-0.4, -0.2) is 52.6 Å². The zero-order valence-electron chi connectivity index (χ0n) is 18.5. The molecule has 166 valence electrons. The first-order chi connectivity index (χ1) is 14.5. The van der Waals surface area contributed by atoms with E-state index in [1.54, 1.807) is 6.20 Å². The van der Waals surface area contributed by atoms with Gasteiger partial charge in [0.25, 0.3) is 0 Å². The molecular formula is C23H37N5O2. The molecule has 3 N–H and O–H groups in total. The summed E-state index contributed by atoms with van der Waals surface area (Å²) < 4.78 is 5.76. The number of anilines is 1. The fourth-order valence-corrected chi connectivity index (χ4v) is 4.53. The lowest BCUT2D eigenvalue weighted by atomic mass is 9.92. The molecule has 1 saturated heterocycles. The fourth-order valence-electron chi connectivity index (χ4n) is 4.53. The smallest absolute Gasteiger partial charge is 0.222 e. The first-order valence-electron chi connectivity index (χ1n) is 11.5. The summed E-state index contributed by atoms with van der Waals surface area (Å²) in [5.74, 6) is 2.39. The zero-order valence-corrected chi connectivity index (χ0v) is 18.5. The van der Waals surface area contributed by atoms with Crippen LogP contribution in [0.3, 0.4) is 0 Å². The second-order valence-corrected chi connectivity index (χ2v) is 8.53. The van der Waals surface area contributed by atoms with Gasteiger partial charge in [-0.2, -0.15) is 0 Å². The van der Waals surface area contributed by atoms with Crippen molar-refractivity contribution < 1.29 is 9.53 Å². The summed E-state index contributed by atoms with van der Waals surface area (Å²) in [6, 6.07) is 0.367. The van der Waals surface area contributed by atoms with E-state index in [9.17, 15) is 4.79 Å². The van der Waals surface area contributed by atoms with Crippen LogP contribution in [0.15, 0.2) is 12.8 Å². The van der Waals surface area contributed by atoms with Gasteiger partial charge in [-0.25, -0.2) is 9.97 Å². The standard InChI is InChI=1S/C23H37N5O2/c1-4-22(29)28-12-10-17(11-13-28)14-21-25-15-20(16(3)24)23(27-21)26-18-6-8-19(9-7-18)30-5-2/h15,17-19H,3-14,24H2,1-2H3,(H,25,26,27). The molecule has 0 spiro atoms. The Labute approximate surface area is 180 Å². The number of likely N-dealkylation sites (tertiary alicyclic amines) is 1. The second kappa shape index (κ2) is 10.8.